The van der Waals surface area contributed by atoms with Crippen molar-refractivity contribution in [3.8, 4) is 0 Å². The van der Waals surface area contributed by atoms with Gasteiger partial charge in [0, 0.05) is 0 Å². The Morgan fingerprint density at radius 1 is 1.00 bits per heavy atom. The Hall–Kier alpha value is 0.314. The van der Waals surface area contributed by atoms with E-state index in [0.29, 0.717) is 0 Å². The van der Waals surface area contributed by atoms with Crippen LogP contribution in [0, 0.1) is 5.92 Å². The van der Waals surface area contributed by atoms with Crippen molar-refractivity contribution in [2.75, 3.05) is 14.1 Å². The zero-order chi connectivity index (χ0) is 11.4. The first-order chi connectivity index (χ1) is 6.24. The lowest BCUT2D eigenvalue weighted by Crippen LogP contribution is -2.75. The third-order valence-corrected chi connectivity index (χ3v) is 10.00. The Balaban J connectivity index is 4.53. The maximum Gasteiger partial charge on any atom is 0.274 e. The molecule has 14 heavy (non-hydrogen) atoms. The molecule has 0 aromatic rings. The average Bonchev–Trinajstić information content (AvgIpc) is 1.99. The van der Waals surface area contributed by atoms with Gasteiger partial charge in [-0.3, -0.25) is 0 Å². The highest BCUT2D eigenvalue weighted by Crippen LogP contribution is 2.11. The quantitative estimate of drug-likeness (QED) is 0.608. The van der Waals surface area contributed by atoms with Gasteiger partial charge in [0.15, 0.2) is 0 Å². The fourth-order valence-corrected chi connectivity index (χ4v) is 10.2. The van der Waals surface area contributed by atoms with E-state index in [1.165, 1.54) is 6.04 Å². The summed E-state index contributed by atoms with van der Waals surface area (Å²) in [6.45, 7) is 11.6. The third kappa shape index (κ3) is 5.26. The second-order valence-electron chi connectivity index (χ2n) is 5.38. The second kappa shape index (κ2) is 5.41. The zero-order valence-electron chi connectivity index (χ0n) is 10.8. The summed E-state index contributed by atoms with van der Waals surface area (Å²) >= 11 is 0. The highest BCUT2D eigenvalue weighted by molar-refractivity contribution is 6.89. The summed E-state index contributed by atoms with van der Waals surface area (Å²) in [5, 5.41) is 0. The van der Waals surface area contributed by atoms with Gasteiger partial charge in [0.1, 0.15) is 8.24 Å². The fraction of sp³-hybridized carbons (Fsp3) is 1.00. The minimum atomic E-state index is -1.63. The van der Waals surface area contributed by atoms with Crippen LogP contribution in [0.15, 0.2) is 0 Å². The van der Waals surface area contributed by atoms with Crippen LogP contribution in [0.1, 0.15) is 13.8 Å². The van der Waals surface area contributed by atoms with E-state index in [0.717, 1.165) is 5.92 Å². The van der Waals surface area contributed by atoms with Crippen LogP contribution < -0.4 is 14.6 Å². The molecule has 0 saturated heterocycles. The summed E-state index contributed by atoms with van der Waals surface area (Å²) in [5.74, 6) is 0.727. The molecule has 0 spiro atoms. The van der Waals surface area contributed by atoms with E-state index < -0.39 is 16.8 Å². The van der Waals surface area contributed by atoms with Gasteiger partial charge in [-0.1, -0.05) is 33.5 Å². The predicted octanol–water partition coefficient (Wildman–Crippen LogP) is 1.44. The van der Waals surface area contributed by atoms with E-state index in [2.05, 4.69) is 62.2 Å². The van der Waals surface area contributed by atoms with E-state index in [4.69, 9.17) is 0 Å². The van der Waals surface area contributed by atoms with E-state index >= 15 is 0 Å². The first kappa shape index (κ1) is 14.3. The van der Waals surface area contributed by atoms with E-state index in [9.17, 15) is 0 Å². The first-order valence-electron chi connectivity index (χ1n) is 5.42. The third-order valence-electron chi connectivity index (χ3n) is 2.16. The van der Waals surface area contributed by atoms with Crippen molar-refractivity contribution in [3.63, 3.8) is 0 Å². The van der Waals surface area contributed by atoms with Gasteiger partial charge in [-0.25, -0.2) is 0 Å². The van der Waals surface area contributed by atoms with Gasteiger partial charge in [-0.05, 0) is 26.1 Å². The summed E-state index contributed by atoms with van der Waals surface area (Å²) in [6, 6.07) is 1.23. The molecule has 3 N–H and O–H groups in total. The molecular weight excluding hydrogens is 206 g/mol. The molecule has 0 aliphatic rings. The van der Waals surface area contributed by atoms with Gasteiger partial charge in [0.2, 0.25) is 0 Å². The molecule has 0 saturated carbocycles. The standard InChI is InChI=1S/C9H27N3Si2/c1-9(2)8-14(10-3,11-4)12-13(5,6)7/h9-12H,8H2,1-7H3. The summed E-state index contributed by atoms with van der Waals surface area (Å²) in [5.41, 5.74) is 0. The summed E-state index contributed by atoms with van der Waals surface area (Å²) in [4.78, 5) is 7.01. The topological polar surface area (TPSA) is 36.1 Å². The Labute approximate surface area is 91.4 Å². The van der Waals surface area contributed by atoms with Crippen LogP contribution in [0.25, 0.3) is 0 Å². The van der Waals surface area contributed by atoms with Crippen LogP contribution in [0.4, 0.5) is 0 Å². The minimum absolute atomic E-state index is 0.727. The average molecular weight is 234 g/mol. The second-order valence-corrected chi connectivity index (χ2v) is 14.1. The first-order valence-corrected chi connectivity index (χ1v) is 11.1. The lowest BCUT2D eigenvalue weighted by Gasteiger charge is -2.37. The highest BCUT2D eigenvalue weighted by atomic mass is 28.4. The van der Waals surface area contributed by atoms with Gasteiger partial charge >= 0.3 is 0 Å². The molecule has 86 valence electrons. The summed E-state index contributed by atoms with van der Waals surface area (Å²) < 4.78 is 3.86. The van der Waals surface area contributed by atoms with E-state index in [1.807, 2.05) is 0 Å². The molecule has 0 fully saturated rings. The van der Waals surface area contributed by atoms with Crippen LogP contribution in [-0.2, 0) is 0 Å². The normalized spacial score (nSPS) is 13.7. The largest absolute Gasteiger partial charge is 0.335 e. The highest BCUT2D eigenvalue weighted by Gasteiger charge is 2.35. The predicted molar refractivity (Wildman–Crippen MR) is 70.0 cm³/mol. The van der Waals surface area contributed by atoms with E-state index in [1.54, 1.807) is 0 Å². The van der Waals surface area contributed by atoms with Gasteiger partial charge < -0.3 is 14.6 Å². The van der Waals surface area contributed by atoms with Crippen molar-refractivity contribution in [2.45, 2.75) is 39.5 Å². The van der Waals surface area contributed by atoms with Crippen molar-refractivity contribution < 1.29 is 0 Å². The van der Waals surface area contributed by atoms with Crippen LogP contribution >= 0.6 is 0 Å². The molecule has 5 heteroatoms. The SMILES string of the molecule is CN[Si](CC(C)C)(NC)N[Si](C)(C)C. The smallest absolute Gasteiger partial charge is 0.274 e. The van der Waals surface area contributed by atoms with Crippen molar-refractivity contribution in [1.29, 1.82) is 0 Å². The van der Waals surface area contributed by atoms with Crippen LogP contribution in [0.2, 0.25) is 25.7 Å². The molecule has 0 rings (SSSR count). The Morgan fingerprint density at radius 3 is 1.64 bits per heavy atom. The Bertz CT molecular complexity index is 162. The van der Waals surface area contributed by atoms with Crippen molar-refractivity contribution >= 4 is 16.8 Å². The molecule has 0 unspecified atom stereocenters. The lowest BCUT2D eigenvalue weighted by atomic mass is 10.3. The van der Waals surface area contributed by atoms with Gasteiger partial charge in [-0.2, -0.15) is 0 Å². The number of hydrogen-bond acceptors (Lipinski definition) is 3. The van der Waals surface area contributed by atoms with Crippen molar-refractivity contribution in [3.05, 3.63) is 0 Å². The summed E-state index contributed by atoms with van der Waals surface area (Å²) in [7, 11) is 1.29. The van der Waals surface area contributed by atoms with Gasteiger partial charge in [0.05, 0.1) is 0 Å². The maximum atomic E-state index is 3.86. The Morgan fingerprint density at radius 2 is 1.43 bits per heavy atom. The zero-order valence-corrected chi connectivity index (χ0v) is 12.8. The number of rotatable bonds is 6. The number of nitrogens with one attached hydrogen (secondary N) is 3. The van der Waals surface area contributed by atoms with E-state index in [-0.39, 0.29) is 0 Å². The molecule has 0 aliphatic heterocycles. The molecule has 3 nitrogen and oxygen atoms in total. The lowest BCUT2D eigenvalue weighted by molar-refractivity contribution is 0.690. The molecule has 0 bridgehead atoms. The molecule has 0 aromatic carbocycles. The molecule has 0 aromatic heterocycles. The van der Waals surface area contributed by atoms with Gasteiger partial charge in [0.25, 0.3) is 8.56 Å². The van der Waals surface area contributed by atoms with Crippen molar-refractivity contribution in [2.24, 2.45) is 5.92 Å². The van der Waals surface area contributed by atoms with Crippen LogP contribution in [0.3, 0.4) is 0 Å². The fourth-order valence-electron chi connectivity index (χ4n) is 1.76. The van der Waals surface area contributed by atoms with Crippen LogP contribution in [-0.4, -0.2) is 30.9 Å². The maximum absolute atomic E-state index is 3.86. The van der Waals surface area contributed by atoms with Crippen LogP contribution in [0.5, 0.6) is 0 Å². The molecule has 0 aliphatic carbocycles. The minimum Gasteiger partial charge on any atom is -0.335 e. The monoisotopic (exact) mass is 233 g/mol. The molecule has 0 heterocycles. The molecular formula is C9H27N3Si2. The summed E-state index contributed by atoms with van der Waals surface area (Å²) in [6.07, 6.45) is 0. The molecule has 0 atom stereocenters. The number of hydrogen-bond donors (Lipinski definition) is 3. The Kier molecular flexibility index (Phi) is 5.53. The van der Waals surface area contributed by atoms with Gasteiger partial charge in [-0.15, -0.1) is 0 Å². The van der Waals surface area contributed by atoms with Crippen molar-refractivity contribution in [1.82, 2.24) is 14.6 Å². The molecule has 0 radical (unpaired) electrons. The molecule has 0 amide bonds.